The number of carbonyl (C=O) groups is 1. The highest BCUT2D eigenvalue weighted by Gasteiger charge is 2.29. The molecule has 4 aromatic rings. The normalized spacial score (nSPS) is 11.8. The standard InChI is InChI=1S/C26H29F3N8O2/c1-16(2)10-30-11-17-8-20(25(39)37(12-17)14-26(27,28)29)24(38)32-19-7-5-6-18(9-19)22-21(13-36(4)34-22)23-33-31-15-35(23)3/h5-9,12-13,15-16,30H,10-11,14H2,1-4H3,(H,32,38). The van der Waals surface area contributed by atoms with Gasteiger partial charge in [-0.25, -0.2) is 0 Å². The summed E-state index contributed by atoms with van der Waals surface area (Å²) in [5, 5.41) is 18.4. The Hall–Kier alpha value is -4.26. The van der Waals surface area contributed by atoms with E-state index in [9.17, 15) is 22.8 Å². The predicted octanol–water partition coefficient (Wildman–Crippen LogP) is 3.60. The van der Waals surface area contributed by atoms with E-state index in [1.807, 2.05) is 13.8 Å². The van der Waals surface area contributed by atoms with Crippen molar-refractivity contribution in [1.82, 2.24) is 34.4 Å². The second-order valence-corrected chi connectivity index (χ2v) is 9.70. The van der Waals surface area contributed by atoms with Crippen LogP contribution in [0.2, 0.25) is 0 Å². The summed E-state index contributed by atoms with van der Waals surface area (Å²) in [5.41, 5.74) is 1.30. The van der Waals surface area contributed by atoms with Crippen molar-refractivity contribution < 1.29 is 18.0 Å². The number of anilines is 1. The first kappa shape index (κ1) is 27.8. The average molecular weight is 543 g/mol. The van der Waals surface area contributed by atoms with E-state index in [4.69, 9.17) is 0 Å². The Morgan fingerprint density at radius 3 is 2.56 bits per heavy atom. The summed E-state index contributed by atoms with van der Waals surface area (Å²) in [5.74, 6) is 0.100. The number of carbonyl (C=O) groups excluding carboxylic acids is 1. The monoisotopic (exact) mass is 542 g/mol. The maximum absolute atomic E-state index is 13.2. The van der Waals surface area contributed by atoms with Gasteiger partial charge in [0.15, 0.2) is 5.82 Å². The lowest BCUT2D eigenvalue weighted by Crippen LogP contribution is -2.34. The Morgan fingerprint density at radius 1 is 1.13 bits per heavy atom. The van der Waals surface area contributed by atoms with Crippen LogP contribution < -0.4 is 16.2 Å². The zero-order valence-corrected chi connectivity index (χ0v) is 22.0. The van der Waals surface area contributed by atoms with Crippen molar-refractivity contribution >= 4 is 11.6 Å². The van der Waals surface area contributed by atoms with Gasteiger partial charge in [-0.15, -0.1) is 10.2 Å². The molecule has 10 nitrogen and oxygen atoms in total. The van der Waals surface area contributed by atoms with Gasteiger partial charge in [0.2, 0.25) is 0 Å². The molecule has 4 rings (SSSR count). The SMILES string of the molecule is CC(C)CNCc1cc(C(=O)Nc2cccc(-c3nn(C)cc3-c3nncn3C)c2)c(=O)n(CC(F)(F)F)c1. The van der Waals surface area contributed by atoms with Gasteiger partial charge < -0.3 is 19.8 Å². The number of nitrogens with one attached hydrogen (secondary N) is 2. The largest absolute Gasteiger partial charge is 0.406 e. The molecule has 206 valence electrons. The summed E-state index contributed by atoms with van der Waals surface area (Å²) in [6, 6.07) is 8.12. The van der Waals surface area contributed by atoms with E-state index in [-0.39, 0.29) is 12.1 Å². The molecule has 0 atom stereocenters. The van der Waals surface area contributed by atoms with Crippen LogP contribution in [0.3, 0.4) is 0 Å². The molecule has 0 fully saturated rings. The number of halogens is 3. The van der Waals surface area contributed by atoms with Crippen molar-refractivity contribution in [1.29, 1.82) is 0 Å². The molecular weight excluding hydrogens is 513 g/mol. The molecule has 0 saturated heterocycles. The number of aromatic nitrogens is 6. The van der Waals surface area contributed by atoms with Crippen LogP contribution in [0.25, 0.3) is 22.6 Å². The Kier molecular flexibility index (Phi) is 8.00. The zero-order chi connectivity index (χ0) is 28.3. The molecule has 0 unspecified atom stereocenters. The second-order valence-electron chi connectivity index (χ2n) is 9.70. The van der Waals surface area contributed by atoms with Crippen molar-refractivity contribution in [3.8, 4) is 22.6 Å². The van der Waals surface area contributed by atoms with Crippen molar-refractivity contribution in [2.75, 3.05) is 11.9 Å². The maximum atomic E-state index is 13.2. The van der Waals surface area contributed by atoms with Gasteiger partial charge in [-0.1, -0.05) is 26.0 Å². The van der Waals surface area contributed by atoms with Crippen molar-refractivity contribution in [2.45, 2.75) is 33.1 Å². The number of alkyl halides is 3. The molecule has 39 heavy (non-hydrogen) atoms. The van der Waals surface area contributed by atoms with Crippen LogP contribution in [0.5, 0.6) is 0 Å². The first-order valence-corrected chi connectivity index (χ1v) is 12.2. The van der Waals surface area contributed by atoms with Crippen molar-refractivity contribution in [2.24, 2.45) is 20.0 Å². The maximum Gasteiger partial charge on any atom is 0.406 e. The fourth-order valence-corrected chi connectivity index (χ4v) is 4.11. The third-order valence-corrected chi connectivity index (χ3v) is 5.79. The van der Waals surface area contributed by atoms with Crippen LogP contribution >= 0.6 is 0 Å². The molecule has 0 aliphatic heterocycles. The van der Waals surface area contributed by atoms with E-state index >= 15 is 0 Å². The average Bonchev–Trinajstić information content (AvgIpc) is 3.44. The Morgan fingerprint density at radius 2 is 1.90 bits per heavy atom. The minimum atomic E-state index is -4.63. The first-order valence-electron chi connectivity index (χ1n) is 12.2. The van der Waals surface area contributed by atoms with Gasteiger partial charge in [-0.2, -0.15) is 18.3 Å². The van der Waals surface area contributed by atoms with Gasteiger partial charge in [-0.05, 0) is 36.2 Å². The number of benzene rings is 1. The zero-order valence-electron chi connectivity index (χ0n) is 22.0. The lowest BCUT2D eigenvalue weighted by molar-refractivity contribution is -0.141. The molecular formula is C26H29F3N8O2. The summed E-state index contributed by atoms with van der Waals surface area (Å²) >= 11 is 0. The Bertz CT molecular complexity index is 1530. The minimum Gasteiger partial charge on any atom is -0.322 e. The molecule has 3 aromatic heterocycles. The summed E-state index contributed by atoms with van der Waals surface area (Å²) in [6.07, 6.45) is -0.123. The van der Waals surface area contributed by atoms with Gasteiger partial charge in [-0.3, -0.25) is 14.3 Å². The first-order chi connectivity index (χ1) is 18.4. The van der Waals surface area contributed by atoms with Gasteiger partial charge in [0.1, 0.15) is 24.1 Å². The summed E-state index contributed by atoms with van der Waals surface area (Å²) in [4.78, 5) is 26.0. The summed E-state index contributed by atoms with van der Waals surface area (Å²) in [6.45, 7) is 3.31. The molecule has 0 spiro atoms. The highest BCUT2D eigenvalue weighted by atomic mass is 19.4. The lowest BCUT2D eigenvalue weighted by atomic mass is 10.1. The quantitative estimate of drug-likeness (QED) is 0.334. The predicted molar refractivity (Wildman–Crippen MR) is 140 cm³/mol. The van der Waals surface area contributed by atoms with Gasteiger partial charge in [0, 0.05) is 44.3 Å². The number of hydrogen-bond acceptors (Lipinski definition) is 6. The Labute approximate surface area is 222 Å². The highest BCUT2D eigenvalue weighted by molar-refractivity contribution is 6.04. The third kappa shape index (κ3) is 6.79. The fourth-order valence-electron chi connectivity index (χ4n) is 4.11. The van der Waals surface area contributed by atoms with Crippen LogP contribution in [-0.4, -0.2) is 47.7 Å². The van der Waals surface area contributed by atoms with Gasteiger partial charge in [0.05, 0.1) is 5.56 Å². The van der Waals surface area contributed by atoms with Crippen LogP contribution in [-0.2, 0) is 27.2 Å². The molecule has 0 bridgehead atoms. The van der Waals surface area contributed by atoms with Crippen LogP contribution in [0.4, 0.5) is 18.9 Å². The Balaban J connectivity index is 1.65. The van der Waals surface area contributed by atoms with E-state index < -0.39 is 24.2 Å². The topological polar surface area (TPSA) is 112 Å². The minimum absolute atomic E-state index is 0.205. The highest BCUT2D eigenvalue weighted by Crippen LogP contribution is 2.30. The number of pyridine rings is 1. The van der Waals surface area contributed by atoms with Crippen LogP contribution in [0, 0.1) is 5.92 Å². The van der Waals surface area contributed by atoms with Crippen LogP contribution in [0.15, 0.2) is 53.8 Å². The third-order valence-electron chi connectivity index (χ3n) is 5.79. The van der Waals surface area contributed by atoms with Gasteiger partial charge >= 0.3 is 6.18 Å². The molecule has 2 N–H and O–H groups in total. The van der Waals surface area contributed by atoms with E-state index in [2.05, 4.69) is 25.9 Å². The number of nitrogens with zero attached hydrogens (tertiary/aromatic N) is 6. The van der Waals surface area contributed by atoms with E-state index in [0.717, 1.165) is 11.8 Å². The fraction of sp³-hybridized carbons (Fsp3) is 0.346. The number of amides is 1. The molecule has 0 saturated carbocycles. The number of aryl methyl sites for hydroxylation is 2. The van der Waals surface area contributed by atoms with Crippen molar-refractivity contribution in [3.63, 3.8) is 0 Å². The molecule has 0 aliphatic rings. The molecule has 0 aliphatic carbocycles. The summed E-state index contributed by atoms with van der Waals surface area (Å²) < 4.78 is 43.4. The molecule has 1 amide bonds. The van der Waals surface area contributed by atoms with Gasteiger partial charge in [0.25, 0.3) is 11.5 Å². The molecule has 13 heteroatoms. The molecule has 1 aromatic carbocycles. The van der Waals surface area contributed by atoms with Crippen molar-refractivity contribution in [3.05, 3.63) is 70.5 Å². The van der Waals surface area contributed by atoms with E-state index in [1.165, 1.54) is 6.07 Å². The van der Waals surface area contributed by atoms with E-state index in [0.29, 0.717) is 45.4 Å². The summed E-state index contributed by atoms with van der Waals surface area (Å²) in [7, 11) is 3.57. The molecule has 0 radical (unpaired) electrons. The number of hydrogen-bond donors (Lipinski definition) is 2. The smallest absolute Gasteiger partial charge is 0.322 e. The molecule has 3 heterocycles. The van der Waals surface area contributed by atoms with E-state index in [1.54, 1.807) is 60.1 Å². The lowest BCUT2D eigenvalue weighted by Gasteiger charge is -2.15. The van der Waals surface area contributed by atoms with Crippen LogP contribution in [0.1, 0.15) is 29.8 Å². The second kappa shape index (κ2) is 11.2. The number of rotatable bonds is 9.